The van der Waals surface area contributed by atoms with Crippen molar-refractivity contribution in [1.82, 2.24) is 9.80 Å². The molecule has 1 aliphatic rings. The predicted octanol–water partition coefficient (Wildman–Crippen LogP) is 4.20. The Morgan fingerprint density at radius 1 is 0.781 bits per heavy atom. The average Bonchev–Trinajstić information content (AvgIpc) is 2.88. The molecule has 0 bridgehead atoms. The van der Waals surface area contributed by atoms with Crippen LogP contribution in [0.1, 0.15) is 33.8 Å². The van der Waals surface area contributed by atoms with E-state index in [1.807, 2.05) is 58.3 Å². The summed E-state index contributed by atoms with van der Waals surface area (Å²) in [5.41, 5.74) is 2.88. The Kier molecular flexibility index (Phi) is 6.85. The largest absolute Gasteiger partial charge is 0.497 e. The molecule has 3 aromatic carbocycles. The second-order valence-corrected chi connectivity index (χ2v) is 7.98. The number of nitrogens with zero attached hydrogens (tertiary/aromatic N) is 2. The average molecular weight is 429 g/mol. The summed E-state index contributed by atoms with van der Waals surface area (Å²) in [5, 5.41) is 0. The molecular formula is C27H28N2O3. The second kappa shape index (κ2) is 10.1. The van der Waals surface area contributed by atoms with E-state index in [-0.39, 0.29) is 17.7 Å². The van der Waals surface area contributed by atoms with Gasteiger partial charge < -0.3 is 14.5 Å². The van der Waals surface area contributed by atoms with Gasteiger partial charge in [0.05, 0.1) is 7.11 Å². The van der Waals surface area contributed by atoms with Crippen LogP contribution in [0.3, 0.4) is 0 Å². The van der Waals surface area contributed by atoms with Crippen LogP contribution in [-0.4, -0.2) is 54.9 Å². The maximum atomic E-state index is 13.2. The van der Waals surface area contributed by atoms with E-state index in [0.717, 1.165) is 11.1 Å². The standard InChI is InChI=1S/C27H28N2O3/c1-32-24-14-8-13-23(19-24)27(31)29-17-15-28(16-18-29)26(30)20-25(21-9-4-2-5-10-21)22-11-6-3-7-12-22/h2-14,19,25H,15-18,20H2,1H3. The van der Waals surface area contributed by atoms with Gasteiger partial charge in [-0.1, -0.05) is 66.7 Å². The lowest BCUT2D eigenvalue weighted by Gasteiger charge is -2.35. The molecule has 1 fully saturated rings. The van der Waals surface area contributed by atoms with Gasteiger partial charge in [-0.05, 0) is 29.3 Å². The lowest BCUT2D eigenvalue weighted by molar-refractivity contribution is -0.132. The Balaban J connectivity index is 1.40. The van der Waals surface area contributed by atoms with E-state index >= 15 is 0 Å². The van der Waals surface area contributed by atoms with Gasteiger partial charge in [0.25, 0.3) is 5.91 Å². The highest BCUT2D eigenvalue weighted by Crippen LogP contribution is 2.29. The highest BCUT2D eigenvalue weighted by atomic mass is 16.5. The molecule has 164 valence electrons. The molecule has 0 aliphatic carbocycles. The zero-order chi connectivity index (χ0) is 22.3. The van der Waals surface area contributed by atoms with Crippen molar-refractivity contribution in [3.05, 3.63) is 102 Å². The molecule has 1 heterocycles. The summed E-state index contributed by atoms with van der Waals surface area (Å²) in [6.45, 7) is 2.15. The lowest BCUT2D eigenvalue weighted by Crippen LogP contribution is -2.50. The SMILES string of the molecule is COc1cccc(C(=O)N2CCN(C(=O)CC(c3ccccc3)c3ccccc3)CC2)c1. The molecule has 1 aliphatic heterocycles. The quantitative estimate of drug-likeness (QED) is 0.591. The Morgan fingerprint density at radius 3 is 1.91 bits per heavy atom. The summed E-state index contributed by atoms with van der Waals surface area (Å²) < 4.78 is 5.23. The molecular weight excluding hydrogens is 400 g/mol. The number of methoxy groups -OCH3 is 1. The first kappa shape index (κ1) is 21.6. The second-order valence-electron chi connectivity index (χ2n) is 7.98. The molecule has 0 saturated carbocycles. The molecule has 5 heteroatoms. The number of ether oxygens (including phenoxy) is 1. The fraction of sp³-hybridized carbons (Fsp3) is 0.259. The van der Waals surface area contributed by atoms with Gasteiger partial charge in [-0.15, -0.1) is 0 Å². The molecule has 1 saturated heterocycles. The van der Waals surface area contributed by atoms with Crippen molar-refractivity contribution in [3.63, 3.8) is 0 Å². The maximum Gasteiger partial charge on any atom is 0.254 e. The molecule has 0 aromatic heterocycles. The molecule has 32 heavy (non-hydrogen) atoms. The molecule has 5 nitrogen and oxygen atoms in total. The fourth-order valence-electron chi connectivity index (χ4n) is 4.20. The Bertz CT molecular complexity index is 1010. The third-order valence-corrected chi connectivity index (χ3v) is 6.02. The van der Waals surface area contributed by atoms with Crippen LogP contribution in [-0.2, 0) is 4.79 Å². The topological polar surface area (TPSA) is 49.9 Å². The van der Waals surface area contributed by atoms with Gasteiger partial charge in [0, 0.05) is 44.1 Å². The minimum atomic E-state index is -0.0255. The van der Waals surface area contributed by atoms with Gasteiger partial charge in [-0.25, -0.2) is 0 Å². The number of hydrogen-bond acceptors (Lipinski definition) is 3. The van der Waals surface area contributed by atoms with Crippen LogP contribution in [0.2, 0.25) is 0 Å². The van der Waals surface area contributed by atoms with Crippen molar-refractivity contribution in [2.24, 2.45) is 0 Å². The van der Waals surface area contributed by atoms with E-state index in [1.165, 1.54) is 0 Å². The van der Waals surface area contributed by atoms with Gasteiger partial charge >= 0.3 is 0 Å². The summed E-state index contributed by atoms with van der Waals surface area (Å²) in [7, 11) is 1.59. The summed E-state index contributed by atoms with van der Waals surface area (Å²) in [4.78, 5) is 29.7. The molecule has 0 atom stereocenters. The smallest absolute Gasteiger partial charge is 0.254 e. The normalized spacial score (nSPS) is 13.8. The van der Waals surface area contributed by atoms with Crippen LogP contribution >= 0.6 is 0 Å². The van der Waals surface area contributed by atoms with E-state index < -0.39 is 0 Å². The summed E-state index contributed by atoms with van der Waals surface area (Å²) >= 11 is 0. The van der Waals surface area contributed by atoms with Crippen molar-refractivity contribution >= 4 is 11.8 Å². The number of benzene rings is 3. The zero-order valence-electron chi connectivity index (χ0n) is 18.3. The molecule has 3 aromatic rings. The van der Waals surface area contributed by atoms with Crippen molar-refractivity contribution < 1.29 is 14.3 Å². The number of amides is 2. The Hall–Kier alpha value is -3.60. The van der Waals surface area contributed by atoms with E-state index in [9.17, 15) is 9.59 Å². The molecule has 0 radical (unpaired) electrons. The van der Waals surface area contributed by atoms with Gasteiger partial charge in [0.1, 0.15) is 5.75 Å². The number of rotatable bonds is 6. The Morgan fingerprint density at radius 2 is 1.34 bits per heavy atom. The first-order valence-electron chi connectivity index (χ1n) is 11.0. The monoisotopic (exact) mass is 428 g/mol. The number of hydrogen-bond donors (Lipinski definition) is 0. The maximum absolute atomic E-state index is 13.2. The molecule has 0 spiro atoms. The Labute approximate surface area is 189 Å². The number of carbonyl (C=O) groups excluding carboxylic acids is 2. The van der Waals surface area contributed by atoms with Gasteiger partial charge in [-0.3, -0.25) is 9.59 Å². The zero-order valence-corrected chi connectivity index (χ0v) is 18.3. The van der Waals surface area contributed by atoms with E-state index in [2.05, 4.69) is 24.3 Å². The molecule has 0 N–H and O–H groups in total. The number of carbonyl (C=O) groups is 2. The molecule has 4 rings (SSSR count). The van der Waals surface area contributed by atoms with Crippen LogP contribution in [0, 0.1) is 0 Å². The first-order valence-corrected chi connectivity index (χ1v) is 11.0. The summed E-state index contributed by atoms with van der Waals surface area (Å²) in [5.74, 6) is 0.775. The van der Waals surface area contributed by atoms with Crippen molar-refractivity contribution in [1.29, 1.82) is 0 Å². The van der Waals surface area contributed by atoms with Crippen molar-refractivity contribution in [2.75, 3.05) is 33.3 Å². The van der Waals surface area contributed by atoms with Crippen LogP contribution < -0.4 is 4.74 Å². The summed E-state index contributed by atoms with van der Waals surface area (Å²) in [6.07, 6.45) is 0.415. The number of piperazine rings is 1. The van der Waals surface area contributed by atoms with Crippen LogP contribution in [0.5, 0.6) is 5.75 Å². The third kappa shape index (κ3) is 4.99. The highest BCUT2D eigenvalue weighted by molar-refractivity contribution is 5.94. The first-order chi connectivity index (χ1) is 15.7. The van der Waals surface area contributed by atoms with E-state index in [1.54, 1.807) is 19.2 Å². The van der Waals surface area contributed by atoms with Crippen LogP contribution in [0.4, 0.5) is 0 Å². The van der Waals surface area contributed by atoms with Crippen LogP contribution in [0.15, 0.2) is 84.9 Å². The minimum Gasteiger partial charge on any atom is -0.497 e. The van der Waals surface area contributed by atoms with E-state index in [4.69, 9.17) is 4.74 Å². The van der Waals surface area contributed by atoms with Gasteiger partial charge in [0.2, 0.25) is 5.91 Å². The van der Waals surface area contributed by atoms with Crippen LogP contribution in [0.25, 0.3) is 0 Å². The van der Waals surface area contributed by atoms with Crippen molar-refractivity contribution in [3.8, 4) is 5.75 Å². The summed E-state index contributed by atoms with van der Waals surface area (Å²) in [6, 6.07) is 27.5. The molecule has 0 unspecified atom stereocenters. The van der Waals surface area contributed by atoms with Gasteiger partial charge in [-0.2, -0.15) is 0 Å². The third-order valence-electron chi connectivity index (χ3n) is 6.02. The van der Waals surface area contributed by atoms with E-state index in [0.29, 0.717) is 43.9 Å². The highest BCUT2D eigenvalue weighted by Gasteiger charge is 2.27. The predicted molar refractivity (Wildman–Crippen MR) is 125 cm³/mol. The van der Waals surface area contributed by atoms with Crippen molar-refractivity contribution in [2.45, 2.75) is 12.3 Å². The minimum absolute atomic E-state index is 0.0151. The fourth-order valence-corrected chi connectivity index (χ4v) is 4.20. The van der Waals surface area contributed by atoms with Gasteiger partial charge in [0.15, 0.2) is 0 Å². The lowest BCUT2D eigenvalue weighted by atomic mass is 9.88. The molecule has 2 amide bonds.